The molecule has 1 fully saturated rings. The Morgan fingerprint density at radius 3 is 2.21 bits per heavy atom. The van der Waals surface area contributed by atoms with E-state index in [0.717, 1.165) is 94.4 Å². The number of hydrogen-bond donors (Lipinski definition) is 0. The molecule has 1 aliphatic heterocycles. The smallest absolute Gasteiger partial charge is 0.162 e. The second-order valence-electron chi connectivity index (χ2n) is 12.0. The summed E-state index contributed by atoms with van der Waals surface area (Å²) in [5, 5.41) is 0. The maximum absolute atomic E-state index is 6.25. The van der Waals surface area contributed by atoms with Crippen molar-refractivity contribution in [2.75, 3.05) is 83.5 Å². The van der Waals surface area contributed by atoms with Crippen LogP contribution in [0.2, 0.25) is 0 Å². The van der Waals surface area contributed by atoms with Crippen molar-refractivity contribution in [1.29, 1.82) is 0 Å². The Kier molecular flexibility index (Phi) is 10.2. The Bertz CT molecular complexity index is 1510. The van der Waals surface area contributed by atoms with E-state index in [-0.39, 0.29) is 0 Å². The number of hydrogen-bond acceptors (Lipinski definition) is 7. The Hall–Kier alpha value is -2.79. The van der Waals surface area contributed by atoms with Crippen LogP contribution in [0.4, 0.5) is 5.69 Å². The summed E-state index contributed by atoms with van der Waals surface area (Å²) in [6.07, 6.45) is 10.4. The molecule has 0 saturated carbocycles. The third-order valence-electron chi connectivity index (χ3n) is 7.90. The van der Waals surface area contributed by atoms with Crippen LogP contribution in [0.15, 0.2) is 53.1 Å². The van der Waals surface area contributed by atoms with E-state index in [0.29, 0.717) is 13.3 Å². The molecule has 1 aliphatic rings. The fraction of sp³-hybridized carbons (Fsp3) is 0.455. The summed E-state index contributed by atoms with van der Waals surface area (Å²) in [5.74, 6) is 2.63. The molecule has 1 saturated heterocycles. The van der Waals surface area contributed by atoms with Crippen LogP contribution < -0.4 is 14.4 Å². The molecule has 0 spiro atoms. The van der Waals surface area contributed by atoms with Crippen LogP contribution in [0.5, 0.6) is 11.5 Å². The van der Waals surface area contributed by atoms with Gasteiger partial charge in [-0.05, 0) is 90.0 Å². The van der Waals surface area contributed by atoms with E-state index in [1.807, 2.05) is 24.4 Å². The van der Waals surface area contributed by atoms with Crippen molar-refractivity contribution in [2.24, 2.45) is 0 Å². The van der Waals surface area contributed by atoms with E-state index in [1.165, 1.54) is 5.69 Å². The highest BCUT2D eigenvalue weighted by Crippen LogP contribution is 2.38. The molecule has 2 aromatic carbocycles. The molecule has 0 aliphatic carbocycles. The first-order valence-corrected chi connectivity index (χ1v) is 18.5. The first-order chi connectivity index (χ1) is 20.6. The van der Waals surface area contributed by atoms with Crippen LogP contribution in [-0.4, -0.2) is 98.0 Å². The number of methoxy groups -OCH3 is 2. The van der Waals surface area contributed by atoms with Crippen molar-refractivity contribution in [2.45, 2.75) is 19.6 Å². The summed E-state index contributed by atoms with van der Waals surface area (Å²) in [4.78, 5) is 14.9. The number of piperazine rings is 1. The highest BCUT2D eigenvalue weighted by Gasteiger charge is 2.21. The Balaban J connectivity index is 1.43. The van der Waals surface area contributed by atoms with Gasteiger partial charge in [-0.1, -0.05) is 12.1 Å². The van der Waals surface area contributed by atoms with Gasteiger partial charge in [0.2, 0.25) is 0 Å². The summed E-state index contributed by atoms with van der Waals surface area (Å²) in [7, 11) is 4.89. The number of benzene rings is 2. The van der Waals surface area contributed by atoms with Gasteiger partial charge in [0.15, 0.2) is 5.65 Å². The zero-order chi connectivity index (χ0) is 30.6. The van der Waals surface area contributed by atoms with Gasteiger partial charge in [0.25, 0.3) is 0 Å². The summed E-state index contributed by atoms with van der Waals surface area (Å²) < 4.78 is 20.3. The lowest BCUT2D eigenvalue weighted by atomic mass is 10.1. The number of fused-ring (bicyclic) bond motifs is 1. The number of ether oxygens (including phenoxy) is 3. The van der Waals surface area contributed by atoms with Crippen molar-refractivity contribution in [3.63, 3.8) is 0 Å². The minimum absolute atomic E-state index is 0.421. The zero-order valence-electron chi connectivity index (χ0n) is 26.2. The largest absolute Gasteiger partial charge is 0.497 e. The molecule has 3 heterocycles. The molecule has 10 heteroatoms. The third kappa shape index (κ3) is 7.84. The number of aryl methyl sites for hydroxylation is 2. The van der Waals surface area contributed by atoms with E-state index in [2.05, 4.69) is 80.4 Å². The van der Waals surface area contributed by atoms with Crippen molar-refractivity contribution in [1.82, 2.24) is 19.4 Å². The topological polar surface area (TPSA) is 64.9 Å². The molecule has 4 aromatic rings. The number of nitrogens with zero attached hydrogens (tertiary/aromatic N) is 5. The van der Waals surface area contributed by atoms with Crippen LogP contribution in [0.1, 0.15) is 11.3 Å². The normalized spacial score (nSPS) is 14.8. The molecule has 2 aromatic heterocycles. The highest BCUT2D eigenvalue weighted by molar-refractivity contribution is 9.10. The molecule has 0 unspecified atom stereocenters. The Labute approximate surface area is 265 Å². The van der Waals surface area contributed by atoms with Gasteiger partial charge in [0, 0.05) is 43.7 Å². The van der Waals surface area contributed by atoms with Crippen molar-refractivity contribution >= 4 is 42.8 Å². The van der Waals surface area contributed by atoms with Crippen molar-refractivity contribution < 1.29 is 14.2 Å². The summed E-state index contributed by atoms with van der Waals surface area (Å²) in [6, 6.07) is 14.8. The molecule has 0 amide bonds. The van der Waals surface area contributed by atoms with Gasteiger partial charge >= 0.3 is 0 Å². The van der Waals surface area contributed by atoms with Crippen LogP contribution in [0, 0.1) is 0 Å². The average molecular weight is 671 g/mol. The van der Waals surface area contributed by atoms with Gasteiger partial charge in [0.05, 0.1) is 42.9 Å². The fourth-order valence-electron chi connectivity index (χ4n) is 5.27. The molecule has 5 rings (SSSR count). The first-order valence-electron chi connectivity index (χ1n) is 14.7. The number of rotatable bonds is 12. The number of likely N-dealkylation sites (N-methyl/N-ethyl adjacent to an activating group) is 1. The molecule has 0 atom stereocenters. The fourth-order valence-corrected chi connectivity index (χ4v) is 6.60. The molecular formula is C33H44BrN5O3S. The van der Waals surface area contributed by atoms with Gasteiger partial charge in [-0.2, -0.15) is 0 Å². The molecule has 0 radical (unpaired) electrons. The molecule has 232 valence electrons. The second-order valence-corrected chi connectivity index (χ2v) is 17.4. The SMILES string of the molecule is COc1cc(CCc2cnc3c(n2)c(Br)c(-c2ccc(N4CCN(C)CC4)cc2)n3COCCS(C)(C)C)cc(OC)c1. The van der Waals surface area contributed by atoms with Crippen LogP contribution in [-0.2, 0) is 24.3 Å². The van der Waals surface area contributed by atoms with Gasteiger partial charge in [-0.3, -0.25) is 4.57 Å². The average Bonchev–Trinajstić information content (AvgIpc) is 3.28. The summed E-state index contributed by atoms with van der Waals surface area (Å²) in [5.41, 5.74) is 7.14. The lowest BCUT2D eigenvalue weighted by Crippen LogP contribution is -2.44. The lowest BCUT2D eigenvalue weighted by molar-refractivity contribution is 0.0933. The maximum atomic E-state index is 6.25. The van der Waals surface area contributed by atoms with Crippen LogP contribution in [0.25, 0.3) is 22.4 Å². The quantitative estimate of drug-likeness (QED) is 0.169. The monoisotopic (exact) mass is 669 g/mol. The van der Waals surface area contributed by atoms with E-state index in [9.17, 15) is 0 Å². The van der Waals surface area contributed by atoms with Crippen LogP contribution in [0.3, 0.4) is 0 Å². The molecule has 43 heavy (non-hydrogen) atoms. The van der Waals surface area contributed by atoms with Gasteiger partial charge in [-0.15, -0.1) is 0 Å². The number of aromatic nitrogens is 3. The lowest BCUT2D eigenvalue weighted by Gasteiger charge is -2.34. The third-order valence-corrected chi connectivity index (χ3v) is 10.0. The minimum atomic E-state index is -0.636. The predicted octanol–water partition coefficient (Wildman–Crippen LogP) is 6.08. The van der Waals surface area contributed by atoms with Crippen molar-refractivity contribution in [3.8, 4) is 22.8 Å². The molecular weight excluding hydrogens is 626 g/mol. The van der Waals surface area contributed by atoms with Crippen molar-refractivity contribution in [3.05, 3.63) is 64.4 Å². The van der Waals surface area contributed by atoms with Gasteiger partial charge in [0.1, 0.15) is 23.7 Å². The van der Waals surface area contributed by atoms with Gasteiger partial charge < -0.3 is 24.0 Å². The first kappa shape index (κ1) is 31.6. The highest BCUT2D eigenvalue weighted by atomic mass is 79.9. The summed E-state index contributed by atoms with van der Waals surface area (Å²) >= 11 is 3.93. The Morgan fingerprint density at radius 1 is 0.907 bits per heavy atom. The summed E-state index contributed by atoms with van der Waals surface area (Å²) in [6.45, 7) is 5.39. The second kappa shape index (κ2) is 13.9. The van der Waals surface area contributed by atoms with E-state index in [1.54, 1.807) is 14.2 Å². The minimum Gasteiger partial charge on any atom is -0.497 e. The maximum Gasteiger partial charge on any atom is 0.162 e. The van der Waals surface area contributed by atoms with Gasteiger partial charge in [-0.25, -0.2) is 20.0 Å². The molecule has 8 nitrogen and oxygen atoms in total. The predicted molar refractivity (Wildman–Crippen MR) is 184 cm³/mol. The zero-order valence-corrected chi connectivity index (χ0v) is 28.6. The van der Waals surface area contributed by atoms with E-state index in [4.69, 9.17) is 24.2 Å². The van der Waals surface area contributed by atoms with E-state index >= 15 is 0 Å². The van der Waals surface area contributed by atoms with E-state index < -0.39 is 10.0 Å². The van der Waals surface area contributed by atoms with Crippen LogP contribution >= 0.6 is 26.0 Å². The Morgan fingerprint density at radius 2 is 1.58 bits per heavy atom. The molecule has 0 N–H and O–H groups in total. The number of anilines is 1. The molecule has 0 bridgehead atoms. The number of halogens is 1. The standard InChI is InChI=1S/C33H44BrN5O3S/c1-37-13-15-38(16-14-37)27-11-8-25(9-12-27)32-30(34)31-33(39(32)23-42-17-18-43(4,5)6)35-22-26(36-31)10-7-24-19-28(40-2)21-29(20-24)41-3/h8-9,11-12,19-22H,7,10,13-18,23H2,1-6H3.